The molecule has 1 atom stereocenters. The number of hydrogen-bond acceptors (Lipinski definition) is 5. The second-order valence-corrected chi connectivity index (χ2v) is 7.08. The highest BCUT2D eigenvalue weighted by atomic mass is 32.1. The van der Waals surface area contributed by atoms with Crippen molar-refractivity contribution in [1.82, 2.24) is 10.2 Å². The quantitative estimate of drug-likeness (QED) is 0.816. The summed E-state index contributed by atoms with van der Waals surface area (Å²) in [7, 11) is 0. The van der Waals surface area contributed by atoms with Gasteiger partial charge in [-0.25, -0.2) is 0 Å². The molecule has 0 spiro atoms. The van der Waals surface area contributed by atoms with Crippen LogP contribution in [0, 0.1) is 0 Å². The van der Waals surface area contributed by atoms with E-state index in [0.29, 0.717) is 16.8 Å². The number of para-hydroxylation sites is 1. The average Bonchev–Trinajstić information content (AvgIpc) is 3.17. The Morgan fingerprint density at radius 3 is 2.69 bits per heavy atom. The Bertz CT molecular complexity index is 742. The van der Waals surface area contributed by atoms with Crippen LogP contribution >= 0.6 is 11.3 Å². The molecule has 2 amide bonds. The number of carbonyl (C=O) groups excluding carboxylic acids is 2. The van der Waals surface area contributed by atoms with Gasteiger partial charge < -0.3 is 15.4 Å². The number of hydrogen-bond donors (Lipinski definition) is 2. The smallest absolute Gasteiger partial charge is 0.256 e. The van der Waals surface area contributed by atoms with Gasteiger partial charge >= 0.3 is 0 Å². The molecule has 0 radical (unpaired) electrons. The maximum atomic E-state index is 12.7. The van der Waals surface area contributed by atoms with E-state index in [1.165, 1.54) is 11.3 Å². The van der Waals surface area contributed by atoms with E-state index in [9.17, 15) is 9.59 Å². The van der Waals surface area contributed by atoms with Crippen molar-refractivity contribution in [2.45, 2.75) is 13.0 Å². The molecular weight excluding hydrogens is 350 g/mol. The van der Waals surface area contributed by atoms with Crippen molar-refractivity contribution >= 4 is 28.8 Å². The fourth-order valence-corrected chi connectivity index (χ4v) is 3.53. The van der Waals surface area contributed by atoms with Crippen LogP contribution in [0.5, 0.6) is 0 Å². The summed E-state index contributed by atoms with van der Waals surface area (Å²) in [6.07, 6.45) is 0. The summed E-state index contributed by atoms with van der Waals surface area (Å²) in [5, 5.41) is 9.48. The Balaban J connectivity index is 1.62. The summed E-state index contributed by atoms with van der Waals surface area (Å²) in [6.45, 7) is 6.00. The third-order valence-electron chi connectivity index (χ3n) is 4.22. The second kappa shape index (κ2) is 8.93. The van der Waals surface area contributed by atoms with Gasteiger partial charge in [0.15, 0.2) is 0 Å². The molecule has 0 bridgehead atoms. The van der Waals surface area contributed by atoms with Gasteiger partial charge in [-0.1, -0.05) is 12.1 Å². The van der Waals surface area contributed by atoms with Crippen LogP contribution in [0.1, 0.15) is 27.6 Å². The topological polar surface area (TPSA) is 70.7 Å². The summed E-state index contributed by atoms with van der Waals surface area (Å²) in [4.78, 5) is 27.2. The normalized spacial score (nSPS) is 16.0. The minimum atomic E-state index is -0.215. The predicted molar refractivity (Wildman–Crippen MR) is 103 cm³/mol. The number of thiophene rings is 1. The van der Waals surface area contributed by atoms with Crippen LogP contribution < -0.4 is 10.6 Å². The van der Waals surface area contributed by atoms with Gasteiger partial charge in [0, 0.05) is 31.1 Å². The van der Waals surface area contributed by atoms with Crippen LogP contribution in [0.25, 0.3) is 0 Å². The second-order valence-electron chi connectivity index (χ2n) is 6.30. The minimum absolute atomic E-state index is 0.00114. The number of ether oxygens (including phenoxy) is 1. The molecule has 2 heterocycles. The molecule has 1 saturated heterocycles. The van der Waals surface area contributed by atoms with E-state index in [1.807, 2.05) is 12.3 Å². The van der Waals surface area contributed by atoms with Gasteiger partial charge in [-0.05, 0) is 30.5 Å². The number of rotatable bonds is 6. The third kappa shape index (κ3) is 4.91. The van der Waals surface area contributed by atoms with Crippen molar-refractivity contribution in [3.8, 4) is 0 Å². The van der Waals surface area contributed by atoms with Crippen molar-refractivity contribution in [2.75, 3.05) is 38.2 Å². The molecule has 0 aliphatic carbocycles. The van der Waals surface area contributed by atoms with Crippen LogP contribution in [0.3, 0.4) is 0 Å². The molecular formula is C19H23N3O3S. The van der Waals surface area contributed by atoms with E-state index in [-0.39, 0.29) is 17.9 Å². The molecule has 2 N–H and O–H groups in total. The van der Waals surface area contributed by atoms with Crippen LogP contribution in [0.2, 0.25) is 0 Å². The largest absolute Gasteiger partial charge is 0.379 e. The van der Waals surface area contributed by atoms with Gasteiger partial charge in [0.05, 0.1) is 30.0 Å². The van der Waals surface area contributed by atoms with Gasteiger partial charge in [0.1, 0.15) is 0 Å². The molecule has 1 aromatic heterocycles. The lowest BCUT2D eigenvalue weighted by atomic mass is 10.1. The number of nitrogens with one attached hydrogen (secondary N) is 2. The highest BCUT2D eigenvalue weighted by Gasteiger charge is 2.18. The number of amides is 2. The molecule has 1 aromatic carbocycles. The van der Waals surface area contributed by atoms with E-state index in [0.717, 1.165) is 32.8 Å². The van der Waals surface area contributed by atoms with Crippen molar-refractivity contribution < 1.29 is 14.3 Å². The molecule has 138 valence electrons. The van der Waals surface area contributed by atoms with E-state index in [1.54, 1.807) is 35.7 Å². The lowest BCUT2D eigenvalue weighted by Gasteiger charge is -2.29. The Hall–Kier alpha value is -2.22. The van der Waals surface area contributed by atoms with Gasteiger partial charge in [0.2, 0.25) is 0 Å². The third-order valence-corrected chi connectivity index (χ3v) is 4.90. The Morgan fingerprint density at radius 2 is 1.96 bits per heavy atom. The van der Waals surface area contributed by atoms with Crippen molar-refractivity contribution in [3.05, 3.63) is 52.2 Å². The minimum Gasteiger partial charge on any atom is -0.379 e. The average molecular weight is 373 g/mol. The molecule has 26 heavy (non-hydrogen) atoms. The van der Waals surface area contributed by atoms with Crippen molar-refractivity contribution in [3.63, 3.8) is 0 Å². The van der Waals surface area contributed by atoms with Gasteiger partial charge in [-0.2, -0.15) is 11.3 Å². The maximum Gasteiger partial charge on any atom is 0.256 e. The Morgan fingerprint density at radius 1 is 1.19 bits per heavy atom. The molecule has 0 unspecified atom stereocenters. The molecule has 6 nitrogen and oxygen atoms in total. The summed E-state index contributed by atoms with van der Waals surface area (Å²) in [5.74, 6) is -0.403. The monoisotopic (exact) mass is 373 g/mol. The number of carbonyl (C=O) groups is 2. The molecule has 3 rings (SSSR count). The van der Waals surface area contributed by atoms with Crippen molar-refractivity contribution in [2.24, 2.45) is 0 Å². The molecule has 0 saturated carbocycles. The molecule has 7 heteroatoms. The predicted octanol–water partition coefficient (Wildman–Crippen LogP) is 2.45. The molecule has 2 aromatic rings. The Labute approximate surface area is 157 Å². The van der Waals surface area contributed by atoms with E-state index >= 15 is 0 Å². The first kappa shape index (κ1) is 18.6. The first-order chi connectivity index (χ1) is 12.6. The van der Waals surface area contributed by atoms with Gasteiger partial charge in [-0.15, -0.1) is 0 Å². The summed E-state index contributed by atoms with van der Waals surface area (Å²) in [5.41, 5.74) is 1.57. The zero-order valence-electron chi connectivity index (χ0n) is 14.7. The fraction of sp³-hybridized carbons (Fsp3) is 0.368. The number of morpholine rings is 1. The van der Waals surface area contributed by atoms with Crippen molar-refractivity contribution in [1.29, 1.82) is 0 Å². The number of nitrogens with zero attached hydrogens (tertiary/aromatic N) is 1. The summed E-state index contributed by atoms with van der Waals surface area (Å²) >= 11 is 1.46. The summed E-state index contributed by atoms with van der Waals surface area (Å²) < 4.78 is 5.35. The molecule has 1 aliphatic heterocycles. The molecule has 1 aliphatic rings. The fourth-order valence-electron chi connectivity index (χ4n) is 2.90. The summed E-state index contributed by atoms with van der Waals surface area (Å²) in [6, 6.07) is 8.82. The van der Waals surface area contributed by atoms with Crippen LogP contribution in [-0.2, 0) is 4.74 Å². The first-order valence-corrected chi connectivity index (χ1v) is 9.61. The van der Waals surface area contributed by atoms with Gasteiger partial charge in [0.25, 0.3) is 11.8 Å². The van der Waals surface area contributed by atoms with Crippen LogP contribution in [-0.4, -0.2) is 55.6 Å². The standard InChI is InChI=1S/C19H23N3O3S/c1-14(12-22-7-9-25-10-8-22)20-19(24)16-4-2-3-5-17(16)21-18(23)15-6-11-26-13-15/h2-6,11,13-14H,7-10,12H2,1H3,(H,20,24)(H,21,23)/t14-/m1/s1. The highest BCUT2D eigenvalue weighted by molar-refractivity contribution is 7.08. The SMILES string of the molecule is C[C@H](CN1CCOCC1)NC(=O)c1ccccc1NC(=O)c1ccsc1. The zero-order chi connectivity index (χ0) is 18.4. The Kier molecular flexibility index (Phi) is 6.38. The van der Waals surface area contributed by atoms with Gasteiger partial charge in [-0.3, -0.25) is 14.5 Å². The lowest BCUT2D eigenvalue weighted by molar-refractivity contribution is 0.0342. The number of benzene rings is 1. The number of anilines is 1. The van der Waals surface area contributed by atoms with Crippen LogP contribution in [0.15, 0.2) is 41.1 Å². The van der Waals surface area contributed by atoms with Crippen LogP contribution in [0.4, 0.5) is 5.69 Å². The highest BCUT2D eigenvalue weighted by Crippen LogP contribution is 2.17. The lowest BCUT2D eigenvalue weighted by Crippen LogP contribution is -2.46. The molecule has 1 fully saturated rings. The van der Waals surface area contributed by atoms with E-state index < -0.39 is 0 Å². The first-order valence-electron chi connectivity index (χ1n) is 8.67. The maximum absolute atomic E-state index is 12.7. The van der Waals surface area contributed by atoms with E-state index in [2.05, 4.69) is 15.5 Å². The zero-order valence-corrected chi connectivity index (χ0v) is 15.6. The van der Waals surface area contributed by atoms with E-state index in [4.69, 9.17) is 4.74 Å².